The third-order valence-electron chi connectivity index (χ3n) is 3.47. The number of hydrogen-bond donors (Lipinski definition) is 0. The number of likely N-dealkylation sites (tertiary alicyclic amines) is 1. The van der Waals surface area contributed by atoms with Crippen molar-refractivity contribution in [3.63, 3.8) is 0 Å². The average molecular weight is 260 g/mol. The van der Waals surface area contributed by atoms with Gasteiger partial charge in [0, 0.05) is 13.0 Å². The third-order valence-corrected chi connectivity index (χ3v) is 4.61. The van der Waals surface area contributed by atoms with Crippen LogP contribution in [0.15, 0.2) is 24.3 Å². The molecule has 1 aliphatic rings. The molecule has 94 valence electrons. The molecule has 0 N–H and O–H groups in total. The van der Waals surface area contributed by atoms with Crippen LogP contribution in [0.3, 0.4) is 0 Å². The van der Waals surface area contributed by atoms with Gasteiger partial charge in [0.25, 0.3) is 0 Å². The van der Waals surface area contributed by atoms with Gasteiger partial charge in [0.15, 0.2) is 0 Å². The predicted octanol–water partition coefficient (Wildman–Crippen LogP) is 3.37. The third kappa shape index (κ3) is 1.90. The van der Waals surface area contributed by atoms with E-state index in [0.29, 0.717) is 6.42 Å². The maximum Gasteiger partial charge on any atom is 0.222 e. The predicted molar refractivity (Wildman–Crippen MR) is 73.6 cm³/mol. The Morgan fingerprint density at radius 3 is 3.11 bits per heavy atom. The Balaban J connectivity index is 1.95. The Morgan fingerprint density at radius 2 is 2.33 bits per heavy atom. The molecule has 1 aromatic carbocycles. The van der Waals surface area contributed by atoms with Crippen molar-refractivity contribution < 1.29 is 4.79 Å². The first-order chi connectivity index (χ1) is 8.79. The van der Waals surface area contributed by atoms with Gasteiger partial charge in [-0.2, -0.15) is 0 Å². The molecule has 2 aromatic rings. The number of thiazole rings is 1. The van der Waals surface area contributed by atoms with Crippen LogP contribution in [0.25, 0.3) is 10.2 Å². The van der Waals surface area contributed by atoms with E-state index in [0.717, 1.165) is 29.9 Å². The lowest BCUT2D eigenvalue weighted by molar-refractivity contribution is -0.131. The van der Waals surface area contributed by atoms with E-state index in [-0.39, 0.29) is 11.9 Å². The highest BCUT2D eigenvalue weighted by molar-refractivity contribution is 7.18. The summed E-state index contributed by atoms with van der Waals surface area (Å²) in [6, 6.07) is 8.38. The second-order valence-corrected chi connectivity index (χ2v) is 5.68. The molecule has 0 aliphatic carbocycles. The first-order valence-electron chi connectivity index (χ1n) is 6.44. The summed E-state index contributed by atoms with van der Waals surface area (Å²) in [4.78, 5) is 18.6. The van der Waals surface area contributed by atoms with Gasteiger partial charge in [0.1, 0.15) is 5.01 Å². The van der Waals surface area contributed by atoms with Gasteiger partial charge in [-0.25, -0.2) is 4.98 Å². The number of amides is 1. The summed E-state index contributed by atoms with van der Waals surface area (Å²) in [6.07, 6.45) is 2.72. The van der Waals surface area contributed by atoms with Crippen molar-refractivity contribution in [1.82, 2.24) is 9.88 Å². The van der Waals surface area contributed by atoms with Crippen LogP contribution in [-0.4, -0.2) is 22.3 Å². The molecule has 0 radical (unpaired) electrons. The van der Waals surface area contributed by atoms with E-state index in [1.54, 1.807) is 11.3 Å². The molecule has 3 nitrogen and oxygen atoms in total. The van der Waals surface area contributed by atoms with Crippen LogP contribution in [0.2, 0.25) is 0 Å². The normalized spacial score (nSPS) is 19.6. The first-order valence-corrected chi connectivity index (χ1v) is 7.26. The number of carbonyl (C=O) groups is 1. The number of aromatic nitrogens is 1. The molecule has 1 amide bonds. The molecule has 0 bridgehead atoms. The topological polar surface area (TPSA) is 33.2 Å². The number of rotatable bonds is 2. The summed E-state index contributed by atoms with van der Waals surface area (Å²) in [5.74, 6) is 0.247. The Hall–Kier alpha value is -1.42. The maximum atomic E-state index is 11.9. The van der Waals surface area contributed by atoms with Crippen molar-refractivity contribution in [2.75, 3.05) is 6.54 Å². The van der Waals surface area contributed by atoms with Crippen LogP contribution in [-0.2, 0) is 4.79 Å². The van der Waals surface area contributed by atoms with Gasteiger partial charge >= 0.3 is 0 Å². The summed E-state index contributed by atoms with van der Waals surface area (Å²) in [6.45, 7) is 2.81. The van der Waals surface area contributed by atoms with Gasteiger partial charge in [-0.1, -0.05) is 19.1 Å². The summed E-state index contributed by atoms with van der Waals surface area (Å²) in [7, 11) is 0. The second kappa shape index (κ2) is 4.69. The maximum absolute atomic E-state index is 11.9. The van der Waals surface area contributed by atoms with E-state index >= 15 is 0 Å². The molecule has 4 heteroatoms. The second-order valence-electron chi connectivity index (χ2n) is 4.62. The smallest absolute Gasteiger partial charge is 0.222 e. The Bertz CT molecular complexity index is 545. The molecule has 0 unspecified atom stereocenters. The molecule has 18 heavy (non-hydrogen) atoms. The monoisotopic (exact) mass is 260 g/mol. The van der Waals surface area contributed by atoms with Gasteiger partial charge in [-0.15, -0.1) is 11.3 Å². The van der Waals surface area contributed by atoms with Crippen molar-refractivity contribution in [1.29, 1.82) is 0 Å². The van der Waals surface area contributed by atoms with Crippen LogP contribution in [0, 0.1) is 0 Å². The molecule has 0 saturated carbocycles. The number of carbonyl (C=O) groups excluding carboxylic acids is 1. The highest BCUT2D eigenvalue weighted by Crippen LogP contribution is 2.36. The highest BCUT2D eigenvalue weighted by atomic mass is 32.1. The van der Waals surface area contributed by atoms with Crippen molar-refractivity contribution in [2.45, 2.75) is 32.2 Å². The molecule has 1 aliphatic heterocycles. The zero-order valence-corrected chi connectivity index (χ0v) is 11.2. The van der Waals surface area contributed by atoms with Crippen molar-refractivity contribution in [3.05, 3.63) is 29.3 Å². The van der Waals surface area contributed by atoms with Crippen molar-refractivity contribution >= 4 is 27.5 Å². The molecule has 0 spiro atoms. The highest BCUT2D eigenvalue weighted by Gasteiger charge is 2.31. The SMILES string of the molecule is CCC(=O)N1CCC[C@H]1c1nc2ccccc2s1. The van der Waals surface area contributed by atoms with E-state index in [1.807, 2.05) is 30.0 Å². The molecule has 1 atom stereocenters. The molecule has 1 fully saturated rings. The van der Waals surface area contributed by atoms with Gasteiger partial charge in [-0.05, 0) is 25.0 Å². The zero-order valence-electron chi connectivity index (χ0n) is 10.4. The van der Waals surface area contributed by atoms with Gasteiger partial charge in [-0.3, -0.25) is 4.79 Å². The average Bonchev–Trinajstić information content (AvgIpc) is 3.03. The fourth-order valence-electron chi connectivity index (χ4n) is 2.56. The molecule has 1 aromatic heterocycles. The Labute approximate surface area is 110 Å². The molecule has 2 heterocycles. The lowest BCUT2D eigenvalue weighted by Gasteiger charge is -2.22. The standard InChI is InChI=1S/C14H16N2OS/c1-2-13(17)16-9-5-7-11(16)14-15-10-6-3-4-8-12(10)18-14/h3-4,6,8,11H,2,5,7,9H2,1H3/t11-/m0/s1. The number of hydrogen-bond acceptors (Lipinski definition) is 3. The van der Waals surface area contributed by atoms with Gasteiger partial charge in [0.2, 0.25) is 5.91 Å². The number of benzene rings is 1. The summed E-state index contributed by atoms with van der Waals surface area (Å²) in [5.41, 5.74) is 1.05. The summed E-state index contributed by atoms with van der Waals surface area (Å²) in [5, 5.41) is 1.09. The van der Waals surface area contributed by atoms with Gasteiger partial charge < -0.3 is 4.90 Å². The lowest BCUT2D eigenvalue weighted by Crippen LogP contribution is -2.29. The summed E-state index contributed by atoms with van der Waals surface area (Å²) < 4.78 is 1.21. The van der Waals surface area contributed by atoms with E-state index in [9.17, 15) is 4.79 Å². The number of nitrogens with zero attached hydrogens (tertiary/aromatic N) is 2. The van der Waals surface area contributed by atoms with E-state index in [2.05, 4.69) is 11.1 Å². The first kappa shape index (κ1) is 11.7. The Morgan fingerprint density at radius 1 is 1.50 bits per heavy atom. The van der Waals surface area contributed by atoms with E-state index in [1.165, 1.54) is 4.70 Å². The molecular formula is C14H16N2OS. The summed E-state index contributed by atoms with van der Waals surface area (Å²) >= 11 is 1.72. The van der Waals surface area contributed by atoms with Crippen LogP contribution in [0.5, 0.6) is 0 Å². The van der Waals surface area contributed by atoms with Crippen LogP contribution < -0.4 is 0 Å². The minimum absolute atomic E-state index is 0.204. The zero-order chi connectivity index (χ0) is 12.5. The molecule has 3 rings (SSSR count). The number of fused-ring (bicyclic) bond motifs is 1. The van der Waals surface area contributed by atoms with Gasteiger partial charge in [0.05, 0.1) is 16.3 Å². The molecular weight excluding hydrogens is 244 g/mol. The van der Waals surface area contributed by atoms with Crippen LogP contribution >= 0.6 is 11.3 Å². The number of para-hydroxylation sites is 1. The minimum Gasteiger partial charge on any atom is -0.333 e. The lowest BCUT2D eigenvalue weighted by atomic mass is 10.2. The Kier molecular flexibility index (Phi) is 3.04. The van der Waals surface area contributed by atoms with Crippen molar-refractivity contribution in [2.24, 2.45) is 0 Å². The largest absolute Gasteiger partial charge is 0.333 e. The quantitative estimate of drug-likeness (QED) is 0.829. The van der Waals surface area contributed by atoms with E-state index < -0.39 is 0 Å². The fraction of sp³-hybridized carbons (Fsp3) is 0.429. The van der Waals surface area contributed by atoms with Crippen molar-refractivity contribution in [3.8, 4) is 0 Å². The van der Waals surface area contributed by atoms with E-state index in [4.69, 9.17) is 0 Å². The van der Waals surface area contributed by atoms with Crippen LogP contribution in [0.4, 0.5) is 0 Å². The minimum atomic E-state index is 0.204. The molecule has 1 saturated heterocycles. The fourth-order valence-corrected chi connectivity index (χ4v) is 3.67. The van der Waals surface area contributed by atoms with Crippen LogP contribution in [0.1, 0.15) is 37.2 Å².